The second-order valence-corrected chi connectivity index (χ2v) is 6.22. The van der Waals surface area contributed by atoms with Crippen LogP contribution in [-0.2, 0) is 6.54 Å². The van der Waals surface area contributed by atoms with Crippen molar-refractivity contribution in [1.29, 1.82) is 0 Å². The minimum atomic E-state index is -4.48. The van der Waals surface area contributed by atoms with Crippen LogP contribution in [-0.4, -0.2) is 45.0 Å². The fourth-order valence-electron chi connectivity index (χ4n) is 2.49. The van der Waals surface area contributed by atoms with Gasteiger partial charge in [-0.3, -0.25) is 14.5 Å². The summed E-state index contributed by atoms with van der Waals surface area (Å²) in [4.78, 5) is 20.0. The third-order valence-electron chi connectivity index (χ3n) is 3.62. The monoisotopic (exact) mass is 413 g/mol. The van der Waals surface area contributed by atoms with Crippen LogP contribution in [0.15, 0.2) is 30.7 Å². The maximum atomic E-state index is 12.2. The molecule has 11 heteroatoms. The van der Waals surface area contributed by atoms with Crippen molar-refractivity contribution >= 4 is 28.4 Å². The average molecular weight is 414 g/mol. The molecule has 148 valence electrons. The Morgan fingerprint density at radius 3 is 2.82 bits per heavy atom. The zero-order chi connectivity index (χ0) is 20.3. The summed E-state index contributed by atoms with van der Waals surface area (Å²) in [6, 6.07) is 3.13. The molecule has 0 aliphatic rings. The summed E-state index contributed by atoms with van der Waals surface area (Å²) in [6.45, 7) is 1.05. The summed E-state index contributed by atoms with van der Waals surface area (Å²) in [5.41, 5.74) is 1.45. The fraction of sp³-hybridized carbons (Fsp3) is 0.294. The molecular formula is C17H15ClF3N5O2. The second kappa shape index (κ2) is 8.01. The van der Waals surface area contributed by atoms with Crippen LogP contribution < -0.4 is 10.1 Å². The van der Waals surface area contributed by atoms with Gasteiger partial charge in [0.1, 0.15) is 10.7 Å². The third-order valence-corrected chi connectivity index (χ3v) is 3.89. The van der Waals surface area contributed by atoms with E-state index in [0.29, 0.717) is 23.0 Å². The topological polar surface area (TPSA) is 81.9 Å². The molecule has 0 saturated carbocycles. The van der Waals surface area contributed by atoms with Gasteiger partial charge in [-0.1, -0.05) is 11.6 Å². The molecule has 0 radical (unpaired) electrons. The van der Waals surface area contributed by atoms with Gasteiger partial charge in [0.2, 0.25) is 5.88 Å². The van der Waals surface area contributed by atoms with E-state index >= 15 is 0 Å². The van der Waals surface area contributed by atoms with E-state index in [1.54, 1.807) is 23.9 Å². The number of carbonyl (C=O) groups is 1. The minimum absolute atomic E-state index is 0.0388. The molecule has 7 nitrogen and oxygen atoms in total. The Bertz CT molecular complexity index is 1010. The van der Waals surface area contributed by atoms with E-state index in [2.05, 4.69) is 25.1 Å². The highest BCUT2D eigenvalue weighted by molar-refractivity contribution is 6.31. The minimum Gasteiger partial charge on any atom is -0.467 e. The molecule has 3 rings (SSSR count). The summed E-state index contributed by atoms with van der Waals surface area (Å²) >= 11 is 5.96. The number of carbonyl (C=O) groups excluding carboxylic acids is 1. The maximum Gasteiger partial charge on any atom is 0.422 e. The molecule has 0 fully saturated rings. The number of halogens is 4. The van der Waals surface area contributed by atoms with Crippen molar-refractivity contribution < 1.29 is 22.7 Å². The molecule has 0 unspecified atom stereocenters. The van der Waals surface area contributed by atoms with Gasteiger partial charge in [0.15, 0.2) is 6.61 Å². The summed E-state index contributed by atoms with van der Waals surface area (Å²) in [7, 11) is 0. The number of fused-ring (bicyclic) bond motifs is 1. The fourth-order valence-corrected chi connectivity index (χ4v) is 2.74. The predicted octanol–water partition coefficient (Wildman–Crippen LogP) is 3.22. The quantitative estimate of drug-likeness (QED) is 0.671. The third kappa shape index (κ3) is 4.69. The van der Waals surface area contributed by atoms with Crippen LogP contribution >= 0.6 is 11.6 Å². The largest absolute Gasteiger partial charge is 0.467 e. The van der Waals surface area contributed by atoms with E-state index in [0.717, 1.165) is 0 Å². The van der Waals surface area contributed by atoms with Crippen LogP contribution in [0.25, 0.3) is 10.9 Å². The highest BCUT2D eigenvalue weighted by Crippen LogP contribution is 2.25. The summed E-state index contributed by atoms with van der Waals surface area (Å²) in [5, 5.41) is 7.61. The van der Waals surface area contributed by atoms with Gasteiger partial charge in [-0.2, -0.15) is 18.3 Å². The Morgan fingerprint density at radius 1 is 1.36 bits per heavy atom. The summed E-state index contributed by atoms with van der Waals surface area (Å²) in [5.74, 6) is -0.598. The number of pyridine rings is 2. The lowest BCUT2D eigenvalue weighted by atomic mass is 10.2. The number of hydrogen-bond acceptors (Lipinski definition) is 5. The lowest BCUT2D eigenvalue weighted by Gasteiger charge is -2.10. The number of rotatable bonds is 6. The number of amides is 1. The predicted molar refractivity (Wildman–Crippen MR) is 95.4 cm³/mol. The number of hydrogen-bond donors (Lipinski definition) is 1. The van der Waals surface area contributed by atoms with E-state index in [9.17, 15) is 18.0 Å². The van der Waals surface area contributed by atoms with Gasteiger partial charge >= 0.3 is 6.18 Å². The molecule has 1 N–H and O–H groups in total. The molecule has 0 atom stereocenters. The number of ether oxygens (including phenoxy) is 1. The second-order valence-electron chi connectivity index (χ2n) is 5.81. The molecule has 0 spiro atoms. The van der Waals surface area contributed by atoms with Gasteiger partial charge in [0, 0.05) is 25.1 Å². The van der Waals surface area contributed by atoms with Gasteiger partial charge in [0.25, 0.3) is 5.91 Å². The molecular weight excluding hydrogens is 399 g/mol. The van der Waals surface area contributed by atoms with E-state index in [4.69, 9.17) is 11.6 Å². The van der Waals surface area contributed by atoms with Crippen LogP contribution in [0.3, 0.4) is 0 Å². The van der Waals surface area contributed by atoms with Gasteiger partial charge in [-0.25, -0.2) is 4.98 Å². The smallest absolute Gasteiger partial charge is 0.422 e. The number of nitrogens with one attached hydrogen (secondary N) is 1. The number of nitrogens with zero attached hydrogens (tertiary/aromatic N) is 4. The van der Waals surface area contributed by atoms with Crippen molar-refractivity contribution in [3.63, 3.8) is 0 Å². The molecule has 0 aliphatic carbocycles. The zero-order valence-corrected chi connectivity index (χ0v) is 15.4. The molecule has 3 aromatic rings. The van der Waals surface area contributed by atoms with Crippen LogP contribution in [0.5, 0.6) is 5.88 Å². The van der Waals surface area contributed by atoms with Crippen molar-refractivity contribution in [2.75, 3.05) is 13.2 Å². The van der Waals surface area contributed by atoms with Crippen LogP contribution in [0, 0.1) is 0 Å². The Labute approximate surface area is 162 Å². The summed E-state index contributed by atoms with van der Waals surface area (Å²) in [6.07, 6.45) is 0.0336. The van der Waals surface area contributed by atoms with Crippen LogP contribution in [0.1, 0.15) is 23.0 Å². The molecule has 1 amide bonds. The SMILES string of the molecule is CCNC(=O)c1nccc2nn(Cc3cnc(OCC(F)(F)F)c(Cl)c3)cc12. The molecule has 0 aliphatic heterocycles. The maximum absolute atomic E-state index is 12.2. The zero-order valence-electron chi connectivity index (χ0n) is 14.6. The number of alkyl halides is 3. The van der Waals surface area contributed by atoms with E-state index in [1.165, 1.54) is 18.5 Å². The lowest BCUT2D eigenvalue weighted by molar-refractivity contribution is -0.154. The first-order valence-electron chi connectivity index (χ1n) is 8.21. The van der Waals surface area contributed by atoms with Crippen molar-refractivity contribution in [1.82, 2.24) is 25.1 Å². The van der Waals surface area contributed by atoms with Crippen molar-refractivity contribution in [3.05, 3.63) is 47.0 Å². The standard InChI is InChI=1S/C17H15ClF3N5O2/c1-2-22-15(27)14-11-8-26(25-13(11)3-4-23-14)7-10-5-12(18)16(24-6-10)28-9-17(19,20)21/h3-6,8H,2,7,9H2,1H3,(H,22,27). The van der Waals surface area contributed by atoms with Crippen molar-refractivity contribution in [3.8, 4) is 5.88 Å². The number of aromatic nitrogens is 4. The Morgan fingerprint density at radius 2 is 2.14 bits per heavy atom. The Hall–Kier alpha value is -2.88. The highest BCUT2D eigenvalue weighted by atomic mass is 35.5. The molecule has 0 bridgehead atoms. The van der Waals surface area contributed by atoms with Crippen molar-refractivity contribution in [2.45, 2.75) is 19.6 Å². The van der Waals surface area contributed by atoms with Gasteiger partial charge in [0.05, 0.1) is 17.4 Å². The molecule has 3 aromatic heterocycles. The Balaban J connectivity index is 1.80. The van der Waals surface area contributed by atoms with Gasteiger partial charge < -0.3 is 10.1 Å². The molecule has 0 aromatic carbocycles. The molecule has 28 heavy (non-hydrogen) atoms. The normalized spacial score (nSPS) is 11.6. The Kier molecular flexibility index (Phi) is 5.68. The molecule has 3 heterocycles. The van der Waals surface area contributed by atoms with E-state index < -0.39 is 12.8 Å². The summed E-state index contributed by atoms with van der Waals surface area (Å²) < 4.78 is 42.9. The van der Waals surface area contributed by atoms with Crippen molar-refractivity contribution in [2.24, 2.45) is 0 Å². The van der Waals surface area contributed by atoms with Crippen LogP contribution in [0.4, 0.5) is 13.2 Å². The first-order valence-corrected chi connectivity index (χ1v) is 8.59. The van der Waals surface area contributed by atoms with E-state index in [1.807, 2.05) is 0 Å². The lowest BCUT2D eigenvalue weighted by Crippen LogP contribution is -2.23. The van der Waals surface area contributed by atoms with Gasteiger partial charge in [-0.15, -0.1) is 0 Å². The molecule has 0 saturated heterocycles. The van der Waals surface area contributed by atoms with Gasteiger partial charge in [-0.05, 0) is 24.6 Å². The highest BCUT2D eigenvalue weighted by Gasteiger charge is 2.29. The first-order chi connectivity index (χ1) is 13.3. The van der Waals surface area contributed by atoms with E-state index in [-0.39, 0.29) is 29.0 Å². The van der Waals surface area contributed by atoms with Crippen LogP contribution in [0.2, 0.25) is 5.02 Å². The first kappa shape index (κ1) is 19.9. The average Bonchev–Trinajstić information content (AvgIpc) is 3.02.